The molecular weight excluding hydrogens is 420 g/mol. The Morgan fingerprint density at radius 2 is 1.96 bits per heavy atom. The van der Waals surface area contributed by atoms with E-state index in [2.05, 4.69) is 26.0 Å². The number of anilines is 1. The Morgan fingerprint density at radius 3 is 2.58 bits per heavy atom. The van der Waals surface area contributed by atoms with Gasteiger partial charge in [-0.1, -0.05) is 13.0 Å². The minimum Gasteiger partial charge on any atom is -0.496 e. The molecule has 2 aromatic carbocycles. The molecule has 2 aromatic rings. The summed E-state index contributed by atoms with van der Waals surface area (Å²) in [5, 5.41) is 2.82. The Kier molecular flexibility index (Phi) is 6.66. The fourth-order valence-electron chi connectivity index (χ4n) is 2.16. The molecule has 1 unspecified atom stereocenters. The smallest absolute Gasteiger partial charge is 0.261 e. The van der Waals surface area contributed by atoms with Crippen molar-refractivity contribution < 1.29 is 17.9 Å². The summed E-state index contributed by atoms with van der Waals surface area (Å²) in [7, 11) is -2.30. The normalized spacial score (nSPS) is 12.3. The monoisotopic (exact) mass is 440 g/mol. The van der Waals surface area contributed by atoms with Crippen molar-refractivity contribution in [1.82, 2.24) is 5.32 Å². The number of sulfonamides is 1. The third-order valence-electron chi connectivity index (χ3n) is 3.80. The molecule has 0 saturated heterocycles. The van der Waals surface area contributed by atoms with Crippen LogP contribution >= 0.6 is 15.9 Å². The second-order valence-corrected chi connectivity index (χ2v) is 8.30. The highest BCUT2D eigenvalue weighted by Gasteiger charge is 2.17. The van der Waals surface area contributed by atoms with Gasteiger partial charge in [-0.25, -0.2) is 8.42 Å². The van der Waals surface area contributed by atoms with Gasteiger partial charge in [0.2, 0.25) is 0 Å². The summed E-state index contributed by atoms with van der Waals surface area (Å²) in [6.07, 6.45) is 0.789. The van der Waals surface area contributed by atoms with Crippen molar-refractivity contribution in [1.29, 1.82) is 0 Å². The van der Waals surface area contributed by atoms with Crippen LogP contribution in [-0.4, -0.2) is 27.5 Å². The number of nitrogens with one attached hydrogen (secondary N) is 2. The molecule has 0 saturated carbocycles. The Bertz CT molecular complexity index is 900. The van der Waals surface area contributed by atoms with Gasteiger partial charge in [-0.3, -0.25) is 9.52 Å². The van der Waals surface area contributed by atoms with Gasteiger partial charge in [0.05, 0.1) is 22.2 Å². The van der Waals surface area contributed by atoms with Crippen LogP contribution in [-0.2, 0) is 10.0 Å². The number of hydrogen-bond acceptors (Lipinski definition) is 4. The highest BCUT2D eigenvalue weighted by molar-refractivity contribution is 9.10. The predicted molar refractivity (Wildman–Crippen MR) is 105 cm³/mol. The molecule has 0 spiro atoms. The van der Waals surface area contributed by atoms with E-state index in [9.17, 15) is 13.2 Å². The minimum atomic E-state index is -3.83. The zero-order valence-electron chi connectivity index (χ0n) is 14.7. The van der Waals surface area contributed by atoms with E-state index in [4.69, 9.17) is 4.74 Å². The van der Waals surface area contributed by atoms with Gasteiger partial charge in [-0.15, -0.1) is 0 Å². The van der Waals surface area contributed by atoms with Crippen molar-refractivity contribution in [2.45, 2.75) is 31.2 Å². The molecule has 26 heavy (non-hydrogen) atoms. The molecule has 0 bridgehead atoms. The molecule has 0 radical (unpaired) electrons. The Hall–Kier alpha value is -2.06. The van der Waals surface area contributed by atoms with Crippen molar-refractivity contribution in [2.75, 3.05) is 11.8 Å². The van der Waals surface area contributed by atoms with Gasteiger partial charge in [0, 0.05) is 11.6 Å². The molecule has 2 rings (SSSR count). The van der Waals surface area contributed by atoms with Crippen molar-refractivity contribution >= 4 is 37.5 Å². The molecule has 1 amide bonds. The summed E-state index contributed by atoms with van der Waals surface area (Å²) in [6.45, 7) is 3.85. The summed E-state index contributed by atoms with van der Waals surface area (Å²) in [4.78, 5) is 12.2. The van der Waals surface area contributed by atoms with E-state index in [-0.39, 0.29) is 16.8 Å². The second kappa shape index (κ2) is 8.55. The van der Waals surface area contributed by atoms with Crippen molar-refractivity contribution in [3.63, 3.8) is 0 Å². The lowest BCUT2D eigenvalue weighted by atomic mass is 10.2. The van der Waals surface area contributed by atoms with Gasteiger partial charge in [0.15, 0.2) is 0 Å². The van der Waals surface area contributed by atoms with E-state index in [1.54, 1.807) is 30.3 Å². The summed E-state index contributed by atoms with van der Waals surface area (Å²) >= 11 is 3.32. The van der Waals surface area contributed by atoms with Crippen LogP contribution in [0.25, 0.3) is 0 Å². The van der Waals surface area contributed by atoms with Gasteiger partial charge in [-0.2, -0.15) is 0 Å². The number of amides is 1. The minimum absolute atomic E-state index is 0.0116. The molecule has 2 N–H and O–H groups in total. The molecule has 0 aliphatic heterocycles. The lowest BCUT2D eigenvalue weighted by molar-refractivity contribution is 0.0939. The molecule has 1 atom stereocenters. The van der Waals surface area contributed by atoms with Gasteiger partial charge in [0.1, 0.15) is 5.75 Å². The van der Waals surface area contributed by atoms with Crippen molar-refractivity contribution in [2.24, 2.45) is 0 Å². The first-order valence-corrected chi connectivity index (χ1v) is 10.3. The number of ether oxygens (including phenoxy) is 1. The lowest BCUT2D eigenvalue weighted by Gasteiger charge is -2.13. The van der Waals surface area contributed by atoms with Crippen LogP contribution < -0.4 is 14.8 Å². The summed E-state index contributed by atoms with van der Waals surface area (Å²) in [5.74, 6) is 0.292. The van der Waals surface area contributed by atoms with Gasteiger partial charge in [-0.05, 0) is 65.7 Å². The van der Waals surface area contributed by atoms with E-state index in [1.807, 2.05) is 13.8 Å². The summed E-state index contributed by atoms with van der Waals surface area (Å²) in [6, 6.07) is 10.8. The number of benzene rings is 2. The highest BCUT2D eigenvalue weighted by Crippen LogP contribution is 2.29. The Morgan fingerprint density at radius 1 is 1.23 bits per heavy atom. The van der Waals surface area contributed by atoms with Crippen LogP contribution in [0.2, 0.25) is 0 Å². The van der Waals surface area contributed by atoms with Crippen LogP contribution in [0.15, 0.2) is 51.8 Å². The van der Waals surface area contributed by atoms with Gasteiger partial charge < -0.3 is 10.1 Å². The zero-order chi connectivity index (χ0) is 19.3. The molecule has 140 valence electrons. The third kappa shape index (κ3) is 4.98. The van der Waals surface area contributed by atoms with Crippen molar-refractivity contribution in [3.8, 4) is 5.75 Å². The molecule has 0 aliphatic rings. The summed E-state index contributed by atoms with van der Waals surface area (Å²) < 4.78 is 33.5. The summed E-state index contributed by atoms with van der Waals surface area (Å²) in [5.41, 5.74) is 0.677. The number of hydrogen-bond donors (Lipinski definition) is 2. The number of carbonyl (C=O) groups is 1. The average Bonchev–Trinajstić information content (AvgIpc) is 2.61. The van der Waals surface area contributed by atoms with E-state index in [0.717, 1.165) is 6.42 Å². The molecule has 0 aromatic heterocycles. The maximum Gasteiger partial charge on any atom is 0.261 e. The molecule has 6 nitrogen and oxygen atoms in total. The molecular formula is C18H21BrN2O4S. The van der Waals surface area contributed by atoms with E-state index < -0.39 is 10.0 Å². The number of methoxy groups -OCH3 is 1. The zero-order valence-corrected chi connectivity index (χ0v) is 17.1. The van der Waals surface area contributed by atoms with Crippen LogP contribution in [0.3, 0.4) is 0 Å². The van der Waals surface area contributed by atoms with E-state index in [0.29, 0.717) is 21.5 Å². The maximum absolute atomic E-state index is 12.6. The fourth-order valence-corrected chi connectivity index (χ4v) is 3.79. The highest BCUT2D eigenvalue weighted by atomic mass is 79.9. The van der Waals surface area contributed by atoms with Crippen LogP contribution in [0.4, 0.5) is 5.69 Å². The first kappa shape index (κ1) is 20.3. The standard InChI is InChI=1S/C18H21BrN2O4S/c1-4-12(2)20-18(22)13-6-5-7-15(10-13)26(23,24)21-14-8-9-17(25-3)16(19)11-14/h5-12,21H,4H2,1-3H3,(H,20,22). The largest absolute Gasteiger partial charge is 0.496 e. The van der Waals surface area contributed by atoms with Gasteiger partial charge in [0.25, 0.3) is 15.9 Å². The van der Waals surface area contributed by atoms with Gasteiger partial charge >= 0.3 is 0 Å². The lowest BCUT2D eigenvalue weighted by Crippen LogP contribution is -2.32. The van der Waals surface area contributed by atoms with Crippen LogP contribution in [0, 0.1) is 0 Å². The quantitative estimate of drug-likeness (QED) is 0.685. The first-order chi connectivity index (χ1) is 12.3. The number of carbonyl (C=O) groups excluding carboxylic acids is 1. The van der Waals surface area contributed by atoms with Crippen LogP contribution in [0.1, 0.15) is 30.6 Å². The number of rotatable bonds is 7. The van der Waals surface area contributed by atoms with E-state index >= 15 is 0 Å². The predicted octanol–water partition coefficient (Wildman–Crippen LogP) is 3.79. The molecule has 0 heterocycles. The first-order valence-electron chi connectivity index (χ1n) is 8.04. The SMILES string of the molecule is CCC(C)NC(=O)c1cccc(S(=O)(=O)Nc2ccc(OC)c(Br)c2)c1. The average molecular weight is 441 g/mol. The second-order valence-electron chi connectivity index (χ2n) is 5.77. The molecule has 0 aliphatic carbocycles. The number of halogens is 1. The van der Waals surface area contributed by atoms with Crippen LogP contribution in [0.5, 0.6) is 5.75 Å². The molecule has 8 heteroatoms. The maximum atomic E-state index is 12.6. The Balaban J connectivity index is 2.25. The molecule has 0 fully saturated rings. The van der Waals surface area contributed by atoms with Crippen molar-refractivity contribution in [3.05, 3.63) is 52.5 Å². The van der Waals surface area contributed by atoms with E-state index in [1.165, 1.54) is 19.2 Å². The fraction of sp³-hybridized carbons (Fsp3) is 0.278. The third-order valence-corrected chi connectivity index (χ3v) is 5.80. The Labute approximate surface area is 162 Å². The topological polar surface area (TPSA) is 84.5 Å².